The van der Waals surface area contributed by atoms with Crippen molar-refractivity contribution in [1.82, 2.24) is 15.1 Å². The Labute approximate surface area is 186 Å². The fourth-order valence-corrected chi connectivity index (χ4v) is 4.51. The van der Waals surface area contributed by atoms with E-state index in [1.165, 1.54) is 12.1 Å². The molecule has 1 aromatic heterocycles. The topological polar surface area (TPSA) is 92.1 Å². The molecule has 2 aromatic carbocycles. The van der Waals surface area contributed by atoms with Gasteiger partial charge in [-0.05, 0) is 55.0 Å². The van der Waals surface area contributed by atoms with Gasteiger partial charge in [0.05, 0.1) is 5.41 Å². The number of aromatic amines is 1. The van der Waals surface area contributed by atoms with E-state index < -0.39 is 11.3 Å². The van der Waals surface area contributed by atoms with Crippen LogP contribution in [0.4, 0.5) is 4.39 Å². The number of benzene rings is 2. The zero-order valence-corrected chi connectivity index (χ0v) is 18.3. The highest BCUT2D eigenvalue weighted by atomic mass is 19.1. The molecule has 1 aliphatic rings. The van der Waals surface area contributed by atoms with Gasteiger partial charge in [0, 0.05) is 24.3 Å². The first-order chi connectivity index (χ1) is 15.3. The molecule has 2 heterocycles. The number of likely N-dealkylation sites (tertiary alicyclic amines) is 1. The third-order valence-electron chi connectivity index (χ3n) is 6.48. The van der Waals surface area contributed by atoms with Gasteiger partial charge in [0.15, 0.2) is 5.69 Å². The van der Waals surface area contributed by atoms with E-state index in [0.717, 1.165) is 34.4 Å². The van der Waals surface area contributed by atoms with Gasteiger partial charge in [0.2, 0.25) is 5.91 Å². The molecule has 1 saturated heterocycles. The minimum atomic E-state index is -0.838. The minimum absolute atomic E-state index is 0.179. The van der Waals surface area contributed by atoms with Crippen LogP contribution in [0.3, 0.4) is 0 Å². The summed E-state index contributed by atoms with van der Waals surface area (Å²) in [5.41, 5.74) is 9.99. The molecule has 32 heavy (non-hydrogen) atoms. The van der Waals surface area contributed by atoms with Crippen molar-refractivity contribution < 1.29 is 14.0 Å². The Kier molecular flexibility index (Phi) is 5.82. The number of primary amides is 1. The number of H-pyrrole nitrogens is 1. The minimum Gasteiger partial charge on any atom is -0.369 e. The molecule has 6 nitrogen and oxygen atoms in total. The van der Waals surface area contributed by atoms with Crippen LogP contribution in [0, 0.1) is 18.2 Å². The second-order valence-corrected chi connectivity index (χ2v) is 8.53. The predicted molar refractivity (Wildman–Crippen MR) is 120 cm³/mol. The standard InChI is InChI=1S/C25H27FN4O2/c1-3-21-16(2)22(29-28-21)23(31)30-12-11-25(15-30,24(27)32)14-17-5-4-6-19(13-17)18-7-9-20(26)10-8-18/h4-10,13H,3,11-12,14-15H2,1-2H3,(H2,27,32)(H,28,29). The lowest BCUT2D eigenvalue weighted by molar-refractivity contribution is -0.126. The van der Waals surface area contributed by atoms with Gasteiger partial charge >= 0.3 is 0 Å². The van der Waals surface area contributed by atoms with Crippen molar-refractivity contribution in [2.75, 3.05) is 13.1 Å². The third-order valence-corrected chi connectivity index (χ3v) is 6.48. The molecule has 0 spiro atoms. The maximum atomic E-state index is 13.3. The molecule has 0 saturated carbocycles. The van der Waals surface area contributed by atoms with Crippen molar-refractivity contribution in [1.29, 1.82) is 0 Å². The molecule has 3 aromatic rings. The van der Waals surface area contributed by atoms with E-state index in [4.69, 9.17) is 5.73 Å². The van der Waals surface area contributed by atoms with Crippen LogP contribution >= 0.6 is 0 Å². The van der Waals surface area contributed by atoms with Crippen molar-refractivity contribution in [3.63, 3.8) is 0 Å². The van der Waals surface area contributed by atoms with Gasteiger partial charge in [0.25, 0.3) is 5.91 Å². The van der Waals surface area contributed by atoms with Crippen LogP contribution in [0.1, 0.15) is 40.7 Å². The van der Waals surface area contributed by atoms with E-state index in [1.54, 1.807) is 17.0 Å². The average molecular weight is 435 g/mol. The Bertz CT molecular complexity index is 1160. The summed E-state index contributed by atoms with van der Waals surface area (Å²) >= 11 is 0. The SMILES string of the molecule is CCc1[nH]nc(C(=O)N2CCC(Cc3cccc(-c4ccc(F)cc4)c3)(C(N)=O)C2)c1C. The molecule has 0 aliphatic carbocycles. The van der Waals surface area contributed by atoms with Gasteiger partial charge in [-0.1, -0.05) is 43.3 Å². The molecule has 1 unspecified atom stereocenters. The molecule has 1 fully saturated rings. The molecule has 3 N–H and O–H groups in total. The molecule has 0 bridgehead atoms. The number of halogens is 1. The lowest BCUT2D eigenvalue weighted by atomic mass is 9.79. The van der Waals surface area contributed by atoms with Crippen LogP contribution < -0.4 is 5.73 Å². The molecule has 7 heteroatoms. The molecule has 0 radical (unpaired) electrons. The maximum absolute atomic E-state index is 13.3. The number of carbonyl (C=O) groups excluding carboxylic acids is 2. The number of amides is 2. The number of aryl methyl sites for hydroxylation is 1. The molecule has 2 amide bonds. The first-order valence-electron chi connectivity index (χ1n) is 10.8. The number of aromatic nitrogens is 2. The van der Waals surface area contributed by atoms with Gasteiger partial charge in [-0.15, -0.1) is 0 Å². The smallest absolute Gasteiger partial charge is 0.274 e. The first-order valence-corrected chi connectivity index (χ1v) is 10.8. The third kappa shape index (κ3) is 4.02. The summed E-state index contributed by atoms with van der Waals surface area (Å²) in [7, 11) is 0. The summed E-state index contributed by atoms with van der Waals surface area (Å²) in [4.78, 5) is 27.3. The summed E-state index contributed by atoms with van der Waals surface area (Å²) in [5.74, 6) is -0.874. The van der Waals surface area contributed by atoms with Crippen LogP contribution in [0.5, 0.6) is 0 Å². The highest BCUT2D eigenvalue weighted by molar-refractivity contribution is 5.95. The number of nitrogens with zero attached hydrogens (tertiary/aromatic N) is 2. The van der Waals surface area contributed by atoms with Crippen molar-refractivity contribution in [3.05, 3.63) is 76.9 Å². The Hall–Kier alpha value is -3.48. The van der Waals surface area contributed by atoms with Crippen LogP contribution in [0.15, 0.2) is 48.5 Å². The molecular weight excluding hydrogens is 407 g/mol. The number of hydrogen-bond acceptors (Lipinski definition) is 3. The van der Waals surface area contributed by atoms with Gasteiger partial charge < -0.3 is 10.6 Å². The van der Waals surface area contributed by atoms with E-state index in [1.807, 2.05) is 38.1 Å². The van der Waals surface area contributed by atoms with E-state index in [0.29, 0.717) is 25.1 Å². The van der Waals surface area contributed by atoms with Crippen molar-refractivity contribution in [2.45, 2.75) is 33.1 Å². The molecule has 1 atom stereocenters. The molecule has 166 valence electrons. The van der Waals surface area contributed by atoms with Crippen molar-refractivity contribution in [3.8, 4) is 11.1 Å². The van der Waals surface area contributed by atoms with Gasteiger partial charge in [-0.2, -0.15) is 5.10 Å². The molecule has 1 aliphatic heterocycles. The zero-order valence-electron chi connectivity index (χ0n) is 18.3. The van der Waals surface area contributed by atoms with Crippen LogP contribution in [0.25, 0.3) is 11.1 Å². The second kappa shape index (κ2) is 8.57. The maximum Gasteiger partial charge on any atom is 0.274 e. The fourth-order valence-electron chi connectivity index (χ4n) is 4.51. The highest BCUT2D eigenvalue weighted by Gasteiger charge is 2.45. The second-order valence-electron chi connectivity index (χ2n) is 8.53. The summed E-state index contributed by atoms with van der Waals surface area (Å²) in [6.45, 7) is 4.60. The average Bonchev–Trinajstić information content (AvgIpc) is 3.38. The zero-order chi connectivity index (χ0) is 22.9. The monoisotopic (exact) mass is 434 g/mol. The number of hydrogen-bond donors (Lipinski definition) is 2. The number of nitrogens with one attached hydrogen (secondary N) is 1. The normalized spacial score (nSPS) is 18.2. The fraction of sp³-hybridized carbons (Fsp3) is 0.320. The van der Waals surface area contributed by atoms with Gasteiger partial charge in [0.1, 0.15) is 5.82 Å². The Morgan fingerprint density at radius 3 is 2.59 bits per heavy atom. The number of nitrogens with two attached hydrogens (primary N) is 1. The Morgan fingerprint density at radius 2 is 1.94 bits per heavy atom. The summed E-state index contributed by atoms with van der Waals surface area (Å²) in [6, 6.07) is 14.1. The molecule has 4 rings (SSSR count). The highest BCUT2D eigenvalue weighted by Crippen LogP contribution is 2.36. The van der Waals surface area contributed by atoms with Crippen molar-refractivity contribution >= 4 is 11.8 Å². The largest absolute Gasteiger partial charge is 0.369 e. The number of carbonyl (C=O) groups is 2. The van der Waals surface area contributed by atoms with E-state index in [9.17, 15) is 14.0 Å². The Morgan fingerprint density at radius 1 is 1.19 bits per heavy atom. The van der Waals surface area contributed by atoms with E-state index in [2.05, 4.69) is 10.2 Å². The van der Waals surface area contributed by atoms with Crippen LogP contribution in [-0.4, -0.2) is 40.0 Å². The van der Waals surface area contributed by atoms with Crippen LogP contribution in [0.2, 0.25) is 0 Å². The number of rotatable bonds is 6. The Balaban J connectivity index is 1.56. The van der Waals surface area contributed by atoms with E-state index >= 15 is 0 Å². The van der Waals surface area contributed by atoms with Gasteiger partial charge in [-0.25, -0.2) is 4.39 Å². The summed E-state index contributed by atoms with van der Waals surface area (Å²) < 4.78 is 13.3. The summed E-state index contributed by atoms with van der Waals surface area (Å²) in [6.07, 6.45) is 1.70. The lowest BCUT2D eigenvalue weighted by Crippen LogP contribution is -2.42. The lowest BCUT2D eigenvalue weighted by Gasteiger charge is -2.26. The van der Waals surface area contributed by atoms with Crippen LogP contribution in [-0.2, 0) is 17.6 Å². The van der Waals surface area contributed by atoms with Crippen molar-refractivity contribution in [2.24, 2.45) is 11.1 Å². The predicted octanol–water partition coefficient (Wildman–Crippen LogP) is 3.65. The van der Waals surface area contributed by atoms with E-state index in [-0.39, 0.29) is 18.3 Å². The van der Waals surface area contributed by atoms with Gasteiger partial charge in [-0.3, -0.25) is 14.7 Å². The quantitative estimate of drug-likeness (QED) is 0.620. The summed E-state index contributed by atoms with van der Waals surface area (Å²) in [5, 5.41) is 7.12. The first kappa shape index (κ1) is 21.7. The molecular formula is C25H27FN4O2.